The number of carbonyl (C=O) groups is 1. The number of hydrogen-bond donors (Lipinski definition) is 2. The predicted octanol–water partition coefficient (Wildman–Crippen LogP) is 4.77. The molecule has 4 rings (SSSR count). The lowest BCUT2D eigenvalue weighted by molar-refractivity contribution is 0.0928. The van der Waals surface area contributed by atoms with Gasteiger partial charge in [-0.05, 0) is 43.4 Å². The lowest BCUT2D eigenvalue weighted by Crippen LogP contribution is -2.28. The Kier molecular flexibility index (Phi) is 4.18. The Balaban J connectivity index is 1.62. The van der Waals surface area contributed by atoms with Gasteiger partial charge in [0, 0.05) is 17.3 Å². The Morgan fingerprint density at radius 3 is 2.65 bits per heavy atom. The highest BCUT2D eigenvalue weighted by Crippen LogP contribution is 2.24. The van der Waals surface area contributed by atoms with Crippen LogP contribution in [0, 0.1) is 4.77 Å². The molecule has 0 saturated heterocycles. The zero-order chi connectivity index (χ0) is 18.1. The third-order valence-corrected chi connectivity index (χ3v) is 4.54. The van der Waals surface area contributed by atoms with Gasteiger partial charge in [0.1, 0.15) is 17.0 Å². The summed E-state index contributed by atoms with van der Waals surface area (Å²) in [5.41, 5.74) is 2.09. The van der Waals surface area contributed by atoms with Gasteiger partial charge >= 0.3 is 0 Å². The maximum Gasteiger partial charge on any atom is 0.270 e. The summed E-state index contributed by atoms with van der Waals surface area (Å²) in [6.45, 7) is 1.89. The van der Waals surface area contributed by atoms with Gasteiger partial charge < -0.3 is 14.7 Å². The minimum atomic E-state index is -0.275. The molecule has 4 aromatic rings. The Bertz CT molecular complexity index is 1090. The molecule has 0 aliphatic heterocycles. The molecule has 0 aliphatic rings. The highest BCUT2D eigenvalue weighted by atomic mass is 32.1. The molecule has 2 heterocycles. The van der Waals surface area contributed by atoms with Crippen LogP contribution >= 0.6 is 12.2 Å². The highest BCUT2D eigenvalue weighted by molar-refractivity contribution is 7.71. The minimum absolute atomic E-state index is 0.228. The van der Waals surface area contributed by atoms with Crippen LogP contribution in [0.25, 0.3) is 16.7 Å². The third-order valence-electron chi connectivity index (χ3n) is 4.24. The number of para-hydroxylation sites is 2. The Morgan fingerprint density at radius 1 is 1.15 bits per heavy atom. The molecule has 2 aromatic carbocycles. The van der Waals surface area contributed by atoms with E-state index in [0.29, 0.717) is 16.2 Å². The first kappa shape index (κ1) is 16.4. The summed E-state index contributed by atoms with van der Waals surface area (Å²) >= 11 is 5.33. The number of hydrogen-bond acceptors (Lipinski definition) is 3. The van der Waals surface area contributed by atoms with E-state index in [0.717, 1.165) is 16.7 Å². The molecule has 0 aliphatic carbocycles. The quantitative estimate of drug-likeness (QED) is 0.513. The molecular weight excluding hydrogens is 346 g/mol. The number of rotatable bonds is 4. The van der Waals surface area contributed by atoms with Crippen molar-refractivity contribution in [1.82, 2.24) is 14.9 Å². The van der Waals surface area contributed by atoms with Crippen LogP contribution in [0.15, 0.2) is 71.3 Å². The van der Waals surface area contributed by atoms with Crippen molar-refractivity contribution < 1.29 is 9.21 Å². The molecule has 0 saturated carbocycles. The van der Waals surface area contributed by atoms with Gasteiger partial charge in [0.15, 0.2) is 4.77 Å². The SMILES string of the molecule is CC(NC(=O)c1c[nH]c(=S)n1-c1ccccc1)c1cc2ccccc2o1. The maximum absolute atomic E-state index is 12.8. The fourth-order valence-corrected chi connectivity index (χ4v) is 3.19. The molecule has 0 bridgehead atoms. The highest BCUT2D eigenvalue weighted by Gasteiger charge is 2.19. The van der Waals surface area contributed by atoms with E-state index in [4.69, 9.17) is 16.6 Å². The maximum atomic E-state index is 12.8. The van der Waals surface area contributed by atoms with Crippen LogP contribution in [-0.2, 0) is 0 Å². The van der Waals surface area contributed by atoms with Crippen molar-refractivity contribution >= 4 is 29.1 Å². The van der Waals surface area contributed by atoms with Crippen molar-refractivity contribution in [2.24, 2.45) is 0 Å². The predicted molar refractivity (Wildman–Crippen MR) is 103 cm³/mol. The normalized spacial score (nSPS) is 12.2. The van der Waals surface area contributed by atoms with Crippen molar-refractivity contribution in [3.63, 3.8) is 0 Å². The molecule has 1 amide bonds. The fraction of sp³-hybridized carbons (Fsp3) is 0.100. The van der Waals surface area contributed by atoms with Crippen LogP contribution in [0.5, 0.6) is 0 Å². The molecule has 130 valence electrons. The Morgan fingerprint density at radius 2 is 1.88 bits per heavy atom. The van der Waals surface area contributed by atoms with E-state index >= 15 is 0 Å². The number of fused-ring (bicyclic) bond motifs is 1. The summed E-state index contributed by atoms with van der Waals surface area (Å²) in [4.78, 5) is 15.8. The van der Waals surface area contributed by atoms with Crippen molar-refractivity contribution in [2.45, 2.75) is 13.0 Å². The summed E-state index contributed by atoms with van der Waals surface area (Å²) in [6.07, 6.45) is 1.62. The van der Waals surface area contributed by atoms with Crippen LogP contribution in [0.1, 0.15) is 29.2 Å². The third kappa shape index (κ3) is 2.95. The first-order chi connectivity index (χ1) is 12.6. The topological polar surface area (TPSA) is 63.0 Å². The van der Waals surface area contributed by atoms with E-state index in [9.17, 15) is 4.79 Å². The summed E-state index contributed by atoms with van der Waals surface area (Å²) in [5.74, 6) is 0.481. The number of nitrogens with one attached hydrogen (secondary N) is 2. The number of furan rings is 1. The smallest absolute Gasteiger partial charge is 0.270 e. The second-order valence-corrected chi connectivity index (χ2v) is 6.42. The lowest BCUT2D eigenvalue weighted by Gasteiger charge is -2.13. The van der Waals surface area contributed by atoms with Gasteiger partial charge in [-0.2, -0.15) is 0 Å². The van der Waals surface area contributed by atoms with Crippen molar-refractivity contribution in [1.29, 1.82) is 0 Å². The largest absolute Gasteiger partial charge is 0.459 e. The Labute approximate surface area is 155 Å². The lowest BCUT2D eigenvalue weighted by atomic mass is 10.2. The molecule has 0 spiro atoms. The average Bonchev–Trinajstić information content (AvgIpc) is 3.26. The van der Waals surface area contributed by atoms with E-state index in [1.807, 2.05) is 67.6 Å². The molecular formula is C20H17N3O2S. The number of H-pyrrole nitrogens is 1. The van der Waals surface area contributed by atoms with Gasteiger partial charge in [0.2, 0.25) is 0 Å². The molecule has 26 heavy (non-hydrogen) atoms. The molecule has 1 atom stereocenters. The zero-order valence-electron chi connectivity index (χ0n) is 14.1. The Hall–Kier alpha value is -3.12. The van der Waals surface area contributed by atoms with Crippen LogP contribution in [0.2, 0.25) is 0 Å². The summed E-state index contributed by atoms with van der Waals surface area (Å²) in [7, 11) is 0. The molecule has 6 heteroatoms. The van der Waals surface area contributed by atoms with Crippen LogP contribution in [0.4, 0.5) is 0 Å². The number of imidazole rings is 1. The first-order valence-electron chi connectivity index (χ1n) is 8.28. The fourth-order valence-electron chi connectivity index (χ4n) is 2.93. The second kappa shape index (κ2) is 6.65. The van der Waals surface area contributed by atoms with Gasteiger partial charge in [0.25, 0.3) is 5.91 Å². The van der Waals surface area contributed by atoms with E-state index in [1.165, 1.54) is 0 Å². The van der Waals surface area contributed by atoms with Gasteiger partial charge in [0.05, 0.1) is 6.04 Å². The summed E-state index contributed by atoms with van der Waals surface area (Å²) in [5, 5.41) is 3.99. The van der Waals surface area contributed by atoms with Crippen molar-refractivity contribution in [2.75, 3.05) is 0 Å². The van der Waals surface area contributed by atoms with E-state index in [1.54, 1.807) is 10.8 Å². The molecule has 2 N–H and O–H groups in total. The van der Waals surface area contributed by atoms with E-state index < -0.39 is 0 Å². The molecule has 2 aromatic heterocycles. The molecule has 5 nitrogen and oxygen atoms in total. The van der Waals surface area contributed by atoms with Crippen LogP contribution in [-0.4, -0.2) is 15.5 Å². The van der Waals surface area contributed by atoms with Gasteiger partial charge in [-0.1, -0.05) is 36.4 Å². The van der Waals surface area contributed by atoms with Crippen molar-refractivity contribution in [3.05, 3.63) is 83.1 Å². The molecule has 0 radical (unpaired) electrons. The van der Waals surface area contributed by atoms with Crippen LogP contribution < -0.4 is 5.32 Å². The average molecular weight is 363 g/mol. The summed E-state index contributed by atoms with van der Waals surface area (Å²) < 4.78 is 8.03. The molecule has 0 fully saturated rings. The second-order valence-electron chi connectivity index (χ2n) is 6.03. The monoisotopic (exact) mass is 363 g/mol. The van der Waals surface area contributed by atoms with Crippen molar-refractivity contribution in [3.8, 4) is 5.69 Å². The summed E-state index contributed by atoms with van der Waals surface area (Å²) in [6, 6.07) is 19.0. The number of benzene rings is 2. The number of aromatic nitrogens is 2. The van der Waals surface area contributed by atoms with E-state index in [-0.39, 0.29) is 11.9 Å². The van der Waals surface area contributed by atoms with Gasteiger partial charge in [-0.3, -0.25) is 9.36 Å². The van der Waals surface area contributed by atoms with Gasteiger partial charge in [-0.15, -0.1) is 0 Å². The van der Waals surface area contributed by atoms with Crippen LogP contribution in [0.3, 0.4) is 0 Å². The molecule has 1 unspecified atom stereocenters. The van der Waals surface area contributed by atoms with E-state index in [2.05, 4.69) is 10.3 Å². The number of nitrogens with zero attached hydrogens (tertiary/aromatic N) is 1. The minimum Gasteiger partial charge on any atom is -0.459 e. The zero-order valence-corrected chi connectivity index (χ0v) is 14.9. The van der Waals surface area contributed by atoms with Gasteiger partial charge in [-0.25, -0.2) is 0 Å². The number of aromatic amines is 1. The number of amides is 1. The standard InChI is InChI=1S/C20H17N3O2S/c1-13(18-11-14-7-5-6-10-17(14)25-18)22-19(24)16-12-21-20(26)23(16)15-8-3-2-4-9-15/h2-13H,1H3,(H,21,26)(H,22,24). The first-order valence-corrected chi connectivity index (χ1v) is 8.69. The number of carbonyl (C=O) groups excluding carboxylic acids is 1.